The van der Waals surface area contributed by atoms with E-state index < -0.39 is 5.82 Å². The molecule has 2 rings (SSSR count). The van der Waals surface area contributed by atoms with Gasteiger partial charge in [0, 0.05) is 19.1 Å². The molecule has 0 bridgehead atoms. The summed E-state index contributed by atoms with van der Waals surface area (Å²) in [5.74, 6) is -0.311. The van der Waals surface area contributed by atoms with Crippen molar-refractivity contribution < 1.29 is 9.13 Å². The highest BCUT2D eigenvalue weighted by atomic mass is 19.1. The van der Waals surface area contributed by atoms with Crippen molar-refractivity contribution in [2.75, 3.05) is 18.9 Å². The fraction of sp³-hybridized carbons (Fsp3) is 0.667. The lowest BCUT2D eigenvalue weighted by atomic mass is 9.86. The van der Waals surface area contributed by atoms with Gasteiger partial charge in [-0.15, -0.1) is 0 Å². The van der Waals surface area contributed by atoms with Crippen molar-refractivity contribution in [2.45, 2.75) is 18.8 Å². The van der Waals surface area contributed by atoms with Gasteiger partial charge in [0.25, 0.3) is 0 Å². The lowest BCUT2D eigenvalue weighted by molar-refractivity contribution is 0.179. The molecule has 0 saturated carbocycles. The molecule has 4 nitrogen and oxygen atoms in total. The number of rotatable bonds is 1. The van der Waals surface area contributed by atoms with Crippen molar-refractivity contribution >= 4 is 5.82 Å². The summed E-state index contributed by atoms with van der Waals surface area (Å²) in [4.78, 5) is 0. The molecule has 5 heteroatoms. The third kappa shape index (κ3) is 1.19. The fourth-order valence-electron chi connectivity index (χ4n) is 1.75. The molecule has 0 amide bonds. The highest BCUT2D eigenvalue weighted by Crippen LogP contribution is 2.34. The Morgan fingerprint density at radius 2 is 2.36 bits per heavy atom. The molecular weight excluding hydrogens is 185 g/mol. The number of aromatic nitrogens is 2. The third-order valence-electron chi connectivity index (χ3n) is 2.82. The number of nitrogens with zero attached hydrogens (tertiary/aromatic N) is 2. The predicted octanol–water partition coefficient (Wildman–Crippen LogP) is 0.819. The number of nitrogen functional groups attached to an aromatic ring is 1. The maximum absolute atomic E-state index is 13.7. The van der Waals surface area contributed by atoms with Crippen molar-refractivity contribution in [1.82, 2.24) is 9.78 Å². The largest absolute Gasteiger partial charge is 0.381 e. The lowest BCUT2D eigenvalue weighted by Gasteiger charge is -2.18. The van der Waals surface area contributed by atoms with Gasteiger partial charge in [0.05, 0.1) is 6.61 Å². The van der Waals surface area contributed by atoms with Crippen LogP contribution in [0.3, 0.4) is 0 Å². The Morgan fingerprint density at radius 1 is 1.64 bits per heavy atom. The first kappa shape index (κ1) is 9.45. The molecule has 1 aromatic heterocycles. The summed E-state index contributed by atoms with van der Waals surface area (Å²) in [5.41, 5.74) is 5.62. The van der Waals surface area contributed by atoms with Crippen molar-refractivity contribution in [2.24, 2.45) is 7.05 Å². The smallest absolute Gasteiger partial charge is 0.188 e. The topological polar surface area (TPSA) is 53.1 Å². The van der Waals surface area contributed by atoms with Crippen LogP contribution in [0.4, 0.5) is 10.2 Å². The van der Waals surface area contributed by atoms with Crippen LogP contribution < -0.4 is 5.73 Å². The Labute approximate surface area is 81.8 Å². The Morgan fingerprint density at radius 3 is 2.79 bits per heavy atom. The minimum Gasteiger partial charge on any atom is -0.381 e. The molecule has 1 fully saturated rings. The molecule has 1 aromatic rings. The second-order valence-corrected chi connectivity index (χ2v) is 4.03. The number of ether oxygens (including phenoxy) is 1. The Kier molecular flexibility index (Phi) is 1.99. The molecule has 78 valence electrons. The highest BCUT2D eigenvalue weighted by molar-refractivity contribution is 5.37. The Bertz CT molecular complexity index is 355. The second kappa shape index (κ2) is 2.95. The van der Waals surface area contributed by atoms with Crippen molar-refractivity contribution in [1.29, 1.82) is 0 Å². The van der Waals surface area contributed by atoms with E-state index in [1.54, 1.807) is 7.05 Å². The standard InChI is InChI=1S/C9H14FN3O/c1-9(3-4-14-5-9)7-6(10)8(11)13(2)12-7/h3-5,11H2,1-2H3. The first-order chi connectivity index (χ1) is 6.54. The molecule has 2 N–H and O–H groups in total. The number of anilines is 1. The number of halogens is 1. The van der Waals surface area contributed by atoms with Crippen LogP contribution in [0, 0.1) is 5.82 Å². The van der Waals surface area contributed by atoms with Gasteiger partial charge in [0.15, 0.2) is 11.6 Å². The van der Waals surface area contributed by atoms with Crippen LogP contribution in [0.1, 0.15) is 19.0 Å². The molecule has 1 atom stereocenters. The fourth-order valence-corrected chi connectivity index (χ4v) is 1.75. The summed E-state index contributed by atoms with van der Waals surface area (Å²) in [5, 5.41) is 4.10. The molecule has 1 unspecified atom stereocenters. The minimum atomic E-state index is -0.402. The zero-order valence-corrected chi connectivity index (χ0v) is 8.38. The molecule has 1 aliphatic rings. The van der Waals surface area contributed by atoms with Crippen LogP contribution in [0.2, 0.25) is 0 Å². The molecule has 0 aliphatic carbocycles. The maximum atomic E-state index is 13.7. The van der Waals surface area contributed by atoms with E-state index in [2.05, 4.69) is 5.10 Å². The number of hydrogen-bond acceptors (Lipinski definition) is 3. The minimum absolute atomic E-state index is 0.0909. The van der Waals surface area contributed by atoms with E-state index in [0.29, 0.717) is 18.9 Å². The average molecular weight is 199 g/mol. The van der Waals surface area contributed by atoms with Crippen LogP contribution in [0.5, 0.6) is 0 Å². The zero-order chi connectivity index (χ0) is 10.3. The van der Waals surface area contributed by atoms with E-state index in [4.69, 9.17) is 10.5 Å². The van der Waals surface area contributed by atoms with Gasteiger partial charge in [-0.2, -0.15) is 5.10 Å². The SMILES string of the molecule is Cn1nc(C2(C)CCOC2)c(F)c1N. The van der Waals surface area contributed by atoms with Gasteiger partial charge in [-0.3, -0.25) is 4.68 Å². The summed E-state index contributed by atoms with van der Waals surface area (Å²) in [6.07, 6.45) is 0.792. The molecule has 0 spiro atoms. The third-order valence-corrected chi connectivity index (χ3v) is 2.82. The van der Waals surface area contributed by atoms with E-state index in [9.17, 15) is 4.39 Å². The van der Waals surface area contributed by atoms with E-state index in [1.165, 1.54) is 4.68 Å². The van der Waals surface area contributed by atoms with Crippen LogP contribution in [0.15, 0.2) is 0 Å². The maximum Gasteiger partial charge on any atom is 0.188 e. The van der Waals surface area contributed by atoms with Gasteiger partial charge in [-0.25, -0.2) is 4.39 Å². The van der Waals surface area contributed by atoms with Crippen molar-refractivity contribution in [3.63, 3.8) is 0 Å². The van der Waals surface area contributed by atoms with E-state index in [-0.39, 0.29) is 11.2 Å². The quantitative estimate of drug-likeness (QED) is 0.728. The highest BCUT2D eigenvalue weighted by Gasteiger charge is 2.37. The number of hydrogen-bond donors (Lipinski definition) is 1. The van der Waals surface area contributed by atoms with Crippen LogP contribution in [0.25, 0.3) is 0 Å². The predicted molar refractivity (Wildman–Crippen MR) is 50.4 cm³/mol. The summed E-state index contributed by atoms with van der Waals surface area (Å²) in [6.45, 7) is 3.12. The molecule has 1 saturated heterocycles. The molecule has 1 aliphatic heterocycles. The van der Waals surface area contributed by atoms with Gasteiger partial charge >= 0.3 is 0 Å². The summed E-state index contributed by atoms with van der Waals surface area (Å²) >= 11 is 0. The monoisotopic (exact) mass is 199 g/mol. The van der Waals surface area contributed by atoms with Gasteiger partial charge in [-0.05, 0) is 6.42 Å². The van der Waals surface area contributed by atoms with Gasteiger partial charge in [0.1, 0.15) is 5.69 Å². The van der Waals surface area contributed by atoms with Gasteiger partial charge in [0.2, 0.25) is 0 Å². The van der Waals surface area contributed by atoms with Crippen LogP contribution in [-0.2, 0) is 17.2 Å². The normalized spacial score (nSPS) is 27.1. The summed E-state index contributed by atoms with van der Waals surface area (Å²) in [7, 11) is 1.64. The first-order valence-corrected chi connectivity index (χ1v) is 4.61. The molecule has 0 radical (unpaired) electrons. The first-order valence-electron chi connectivity index (χ1n) is 4.61. The molecule has 2 heterocycles. The Balaban J connectivity index is 2.45. The molecule has 14 heavy (non-hydrogen) atoms. The van der Waals surface area contributed by atoms with E-state index >= 15 is 0 Å². The molecule has 0 aromatic carbocycles. The van der Waals surface area contributed by atoms with Crippen LogP contribution >= 0.6 is 0 Å². The summed E-state index contributed by atoms with van der Waals surface area (Å²) in [6, 6.07) is 0. The second-order valence-electron chi connectivity index (χ2n) is 4.03. The van der Waals surface area contributed by atoms with Crippen LogP contribution in [-0.4, -0.2) is 23.0 Å². The number of aryl methyl sites for hydroxylation is 1. The van der Waals surface area contributed by atoms with Crippen molar-refractivity contribution in [3.05, 3.63) is 11.5 Å². The van der Waals surface area contributed by atoms with Gasteiger partial charge in [-0.1, -0.05) is 6.92 Å². The average Bonchev–Trinajstić information content (AvgIpc) is 2.67. The Hall–Kier alpha value is -1.10. The van der Waals surface area contributed by atoms with Gasteiger partial charge < -0.3 is 10.5 Å². The number of nitrogens with two attached hydrogens (primary N) is 1. The summed E-state index contributed by atoms with van der Waals surface area (Å²) < 4.78 is 20.3. The van der Waals surface area contributed by atoms with E-state index in [0.717, 1.165) is 6.42 Å². The molecular formula is C9H14FN3O. The van der Waals surface area contributed by atoms with E-state index in [1.807, 2.05) is 6.92 Å². The van der Waals surface area contributed by atoms with Crippen molar-refractivity contribution in [3.8, 4) is 0 Å². The zero-order valence-electron chi connectivity index (χ0n) is 8.38. The lowest BCUT2D eigenvalue weighted by Crippen LogP contribution is -2.24.